The Hall–Kier alpha value is -2.38. The van der Waals surface area contributed by atoms with Crippen molar-refractivity contribution < 1.29 is 14.3 Å². The maximum absolute atomic E-state index is 12.6. The lowest BCUT2D eigenvalue weighted by atomic mass is 10.2. The highest BCUT2D eigenvalue weighted by molar-refractivity contribution is 9.10. The van der Waals surface area contributed by atoms with Crippen molar-refractivity contribution in [2.24, 2.45) is 0 Å². The summed E-state index contributed by atoms with van der Waals surface area (Å²) in [7, 11) is 1.63. The fourth-order valence-electron chi connectivity index (χ4n) is 2.52. The lowest BCUT2D eigenvalue weighted by Crippen LogP contribution is -2.11. The Morgan fingerprint density at radius 1 is 1.25 bits per heavy atom. The van der Waals surface area contributed by atoms with Gasteiger partial charge in [0.05, 0.1) is 23.9 Å². The summed E-state index contributed by atoms with van der Waals surface area (Å²) >= 11 is 4.86. The van der Waals surface area contributed by atoms with Crippen LogP contribution in [0.25, 0.3) is 11.3 Å². The van der Waals surface area contributed by atoms with E-state index in [9.17, 15) is 4.79 Å². The molecule has 0 radical (unpaired) electrons. The van der Waals surface area contributed by atoms with Crippen molar-refractivity contribution in [2.45, 2.75) is 19.8 Å². The molecule has 7 heteroatoms. The zero-order valence-corrected chi connectivity index (χ0v) is 18.1. The second kappa shape index (κ2) is 9.71. The highest BCUT2D eigenvalue weighted by Crippen LogP contribution is 2.32. The van der Waals surface area contributed by atoms with Gasteiger partial charge in [-0.05, 0) is 58.7 Å². The van der Waals surface area contributed by atoms with Gasteiger partial charge in [-0.3, -0.25) is 10.1 Å². The predicted octanol–water partition coefficient (Wildman–Crippen LogP) is 6.01. The summed E-state index contributed by atoms with van der Waals surface area (Å²) in [4.78, 5) is 17.1. The Bertz CT molecular complexity index is 958. The van der Waals surface area contributed by atoms with Gasteiger partial charge in [0.15, 0.2) is 5.13 Å². The van der Waals surface area contributed by atoms with Crippen molar-refractivity contribution in [3.05, 3.63) is 57.9 Å². The summed E-state index contributed by atoms with van der Waals surface area (Å²) in [5.74, 6) is 1.25. The minimum atomic E-state index is -0.210. The molecule has 3 rings (SSSR count). The number of hydrogen-bond acceptors (Lipinski definition) is 5. The lowest BCUT2D eigenvalue weighted by Gasteiger charge is -2.07. The molecule has 0 saturated carbocycles. The van der Waals surface area contributed by atoms with Crippen molar-refractivity contribution in [1.29, 1.82) is 0 Å². The maximum Gasteiger partial charge on any atom is 0.257 e. The van der Waals surface area contributed by atoms with Crippen LogP contribution in [0.15, 0.2) is 52.3 Å². The number of unbranched alkanes of at least 4 members (excludes halogenated alkanes) is 1. The number of amides is 1. The van der Waals surface area contributed by atoms with E-state index in [0.29, 0.717) is 23.1 Å². The number of anilines is 1. The zero-order valence-electron chi connectivity index (χ0n) is 15.7. The normalized spacial score (nSPS) is 10.5. The third-order valence-corrected chi connectivity index (χ3v) is 5.41. The van der Waals surface area contributed by atoms with E-state index < -0.39 is 0 Å². The summed E-state index contributed by atoms with van der Waals surface area (Å²) < 4.78 is 11.8. The Labute approximate surface area is 176 Å². The van der Waals surface area contributed by atoms with Crippen molar-refractivity contribution >= 4 is 38.3 Å². The summed E-state index contributed by atoms with van der Waals surface area (Å²) in [5.41, 5.74) is 2.27. The molecule has 3 aromatic rings. The number of rotatable bonds is 8. The van der Waals surface area contributed by atoms with Gasteiger partial charge in [-0.25, -0.2) is 4.98 Å². The van der Waals surface area contributed by atoms with Gasteiger partial charge in [0.25, 0.3) is 5.91 Å². The smallest absolute Gasteiger partial charge is 0.257 e. The lowest BCUT2D eigenvalue weighted by molar-refractivity contribution is 0.102. The molecule has 0 unspecified atom stereocenters. The van der Waals surface area contributed by atoms with Crippen LogP contribution in [0.5, 0.6) is 11.5 Å². The van der Waals surface area contributed by atoms with E-state index in [1.165, 1.54) is 11.3 Å². The molecular weight excluding hydrogens is 440 g/mol. The first kappa shape index (κ1) is 20.4. The van der Waals surface area contributed by atoms with E-state index in [-0.39, 0.29) is 5.91 Å². The molecule has 2 aromatic carbocycles. The fourth-order valence-corrected chi connectivity index (χ4v) is 3.78. The van der Waals surface area contributed by atoms with E-state index in [1.807, 2.05) is 35.7 Å². The van der Waals surface area contributed by atoms with Crippen LogP contribution in [-0.2, 0) is 0 Å². The van der Waals surface area contributed by atoms with E-state index in [1.54, 1.807) is 19.2 Å². The van der Waals surface area contributed by atoms with E-state index in [4.69, 9.17) is 9.47 Å². The SMILES string of the molecule is CCCCOc1cccc(C(=O)Nc2nc(-c3ccc(OC)c(Br)c3)cs2)c1. The number of benzene rings is 2. The van der Waals surface area contributed by atoms with E-state index in [0.717, 1.165) is 34.3 Å². The Kier molecular flexibility index (Phi) is 7.06. The van der Waals surface area contributed by atoms with Crippen LogP contribution in [0.1, 0.15) is 30.1 Å². The van der Waals surface area contributed by atoms with E-state index in [2.05, 4.69) is 33.2 Å². The molecule has 0 spiro atoms. The molecule has 5 nitrogen and oxygen atoms in total. The van der Waals surface area contributed by atoms with Gasteiger partial charge < -0.3 is 9.47 Å². The molecule has 0 aliphatic carbocycles. The monoisotopic (exact) mass is 460 g/mol. The molecule has 0 bridgehead atoms. The highest BCUT2D eigenvalue weighted by Gasteiger charge is 2.12. The van der Waals surface area contributed by atoms with Crippen molar-refractivity contribution in [2.75, 3.05) is 19.0 Å². The van der Waals surface area contributed by atoms with Gasteiger partial charge in [-0.15, -0.1) is 11.3 Å². The summed E-state index contributed by atoms with van der Waals surface area (Å²) in [6.45, 7) is 2.76. The molecule has 1 amide bonds. The summed E-state index contributed by atoms with van der Waals surface area (Å²) in [6, 6.07) is 12.9. The molecule has 0 atom stereocenters. The number of ether oxygens (including phenoxy) is 2. The summed E-state index contributed by atoms with van der Waals surface area (Å²) in [5, 5.41) is 5.31. The third kappa shape index (κ3) is 5.11. The van der Waals surface area contributed by atoms with Crippen LogP contribution < -0.4 is 14.8 Å². The number of aromatic nitrogens is 1. The van der Waals surface area contributed by atoms with Gasteiger partial charge in [0.2, 0.25) is 0 Å². The number of halogens is 1. The molecule has 146 valence electrons. The highest BCUT2D eigenvalue weighted by atomic mass is 79.9. The third-order valence-electron chi connectivity index (χ3n) is 4.04. The number of methoxy groups -OCH3 is 1. The van der Waals surface area contributed by atoms with Crippen LogP contribution in [0.2, 0.25) is 0 Å². The van der Waals surface area contributed by atoms with Gasteiger partial charge >= 0.3 is 0 Å². The first-order chi connectivity index (χ1) is 13.6. The number of carbonyl (C=O) groups excluding carboxylic acids is 1. The first-order valence-electron chi connectivity index (χ1n) is 8.94. The second-order valence-corrected chi connectivity index (χ2v) is 7.78. The Morgan fingerprint density at radius 3 is 2.86 bits per heavy atom. The van der Waals surface area contributed by atoms with Crippen LogP contribution in [-0.4, -0.2) is 24.6 Å². The zero-order chi connectivity index (χ0) is 19.9. The Morgan fingerprint density at radius 2 is 2.11 bits per heavy atom. The topological polar surface area (TPSA) is 60.5 Å². The van der Waals surface area contributed by atoms with Crippen LogP contribution in [0, 0.1) is 0 Å². The van der Waals surface area contributed by atoms with Gasteiger partial charge in [0, 0.05) is 16.5 Å². The first-order valence-corrected chi connectivity index (χ1v) is 10.6. The molecule has 0 saturated heterocycles. The fraction of sp³-hybridized carbons (Fsp3) is 0.238. The largest absolute Gasteiger partial charge is 0.496 e. The molecule has 0 aliphatic heterocycles. The number of nitrogens with zero attached hydrogens (tertiary/aromatic N) is 1. The summed E-state index contributed by atoms with van der Waals surface area (Å²) in [6.07, 6.45) is 2.05. The Balaban J connectivity index is 1.69. The van der Waals surface area contributed by atoms with Crippen molar-refractivity contribution in [3.8, 4) is 22.8 Å². The number of thiazole rings is 1. The van der Waals surface area contributed by atoms with Gasteiger partial charge in [-0.2, -0.15) is 0 Å². The molecule has 0 aliphatic rings. The number of nitrogens with one attached hydrogen (secondary N) is 1. The molecule has 1 N–H and O–H groups in total. The van der Waals surface area contributed by atoms with Crippen molar-refractivity contribution in [3.63, 3.8) is 0 Å². The predicted molar refractivity (Wildman–Crippen MR) is 117 cm³/mol. The molecule has 1 heterocycles. The van der Waals surface area contributed by atoms with E-state index >= 15 is 0 Å². The number of carbonyl (C=O) groups is 1. The quantitative estimate of drug-likeness (QED) is 0.417. The standard InChI is InChI=1S/C21H21BrN2O3S/c1-3-4-10-27-16-7-5-6-15(11-16)20(25)24-21-23-18(13-28-21)14-8-9-19(26-2)17(22)12-14/h5-9,11-13H,3-4,10H2,1-2H3,(H,23,24,25). The average molecular weight is 461 g/mol. The maximum atomic E-state index is 12.6. The molecule has 1 aromatic heterocycles. The van der Waals surface area contributed by atoms with Crippen LogP contribution in [0.4, 0.5) is 5.13 Å². The van der Waals surface area contributed by atoms with Gasteiger partial charge in [0.1, 0.15) is 11.5 Å². The molecule has 0 fully saturated rings. The average Bonchev–Trinajstić information content (AvgIpc) is 3.17. The second-order valence-electron chi connectivity index (χ2n) is 6.07. The van der Waals surface area contributed by atoms with Crippen molar-refractivity contribution in [1.82, 2.24) is 4.98 Å². The molecular formula is C21H21BrN2O3S. The van der Waals surface area contributed by atoms with Gasteiger partial charge in [-0.1, -0.05) is 19.4 Å². The van der Waals surface area contributed by atoms with Crippen LogP contribution >= 0.6 is 27.3 Å². The minimum absolute atomic E-state index is 0.210. The minimum Gasteiger partial charge on any atom is -0.496 e. The number of hydrogen-bond donors (Lipinski definition) is 1. The van der Waals surface area contributed by atoms with Crippen LogP contribution in [0.3, 0.4) is 0 Å². The molecule has 28 heavy (non-hydrogen) atoms.